The highest BCUT2D eigenvalue weighted by Crippen LogP contribution is 2.33. The van der Waals surface area contributed by atoms with E-state index in [4.69, 9.17) is 9.47 Å². The van der Waals surface area contributed by atoms with Crippen LogP contribution in [0.5, 0.6) is 0 Å². The van der Waals surface area contributed by atoms with Crippen molar-refractivity contribution in [2.75, 3.05) is 6.61 Å². The van der Waals surface area contributed by atoms with Crippen LogP contribution in [0.3, 0.4) is 0 Å². The van der Waals surface area contributed by atoms with Crippen LogP contribution in [-0.4, -0.2) is 24.6 Å². The Bertz CT molecular complexity index is 555. The maximum atomic E-state index is 12.3. The van der Waals surface area contributed by atoms with E-state index in [1.54, 1.807) is 13.0 Å². The predicted molar refractivity (Wildman–Crippen MR) is 95.2 cm³/mol. The highest BCUT2D eigenvalue weighted by atomic mass is 16.6. The van der Waals surface area contributed by atoms with Gasteiger partial charge in [0.1, 0.15) is 6.10 Å². The van der Waals surface area contributed by atoms with E-state index in [9.17, 15) is 9.59 Å². The lowest BCUT2D eigenvalue weighted by molar-refractivity contribution is -0.165. The van der Waals surface area contributed by atoms with E-state index in [0.29, 0.717) is 13.0 Å². The molecule has 0 saturated heterocycles. The Labute approximate surface area is 144 Å². The number of hydrogen-bond acceptors (Lipinski definition) is 4. The summed E-state index contributed by atoms with van der Waals surface area (Å²) in [5.41, 5.74) is 0.552. The van der Waals surface area contributed by atoms with Gasteiger partial charge in [-0.3, -0.25) is 4.79 Å². The summed E-state index contributed by atoms with van der Waals surface area (Å²) in [6, 6.07) is 9.51. The van der Waals surface area contributed by atoms with Gasteiger partial charge in [-0.2, -0.15) is 0 Å². The second-order valence-electron chi connectivity index (χ2n) is 6.72. The first-order valence-electron chi connectivity index (χ1n) is 8.40. The summed E-state index contributed by atoms with van der Waals surface area (Å²) in [4.78, 5) is 24.5. The molecule has 0 amide bonds. The van der Waals surface area contributed by atoms with E-state index in [1.165, 1.54) is 6.08 Å². The van der Waals surface area contributed by atoms with E-state index in [0.717, 1.165) is 5.56 Å². The molecule has 24 heavy (non-hydrogen) atoms. The Hall–Kier alpha value is -2.10. The number of esters is 2. The first kappa shape index (κ1) is 19.9. The van der Waals surface area contributed by atoms with E-state index in [2.05, 4.69) is 0 Å². The number of carbonyl (C=O) groups is 2. The standard InChI is InChI=1S/C20H28O4/c1-6-16(18(20(3,4)5)19(22)23-7-2)24-17(21)14-13-15-11-9-8-10-12-15/h8-14,16,18H,6-7H2,1-5H3. The van der Waals surface area contributed by atoms with Gasteiger partial charge in [0.15, 0.2) is 0 Å². The van der Waals surface area contributed by atoms with Crippen LogP contribution in [0.1, 0.15) is 46.6 Å². The van der Waals surface area contributed by atoms with Crippen LogP contribution < -0.4 is 0 Å². The number of carbonyl (C=O) groups excluding carboxylic acids is 2. The van der Waals surface area contributed by atoms with Crippen molar-refractivity contribution in [2.45, 2.75) is 47.1 Å². The van der Waals surface area contributed by atoms with Crippen molar-refractivity contribution in [3.63, 3.8) is 0 Å². The smallest absolute Gasteiger partial charge is 0.331 e. The lowest BCUT2D eigenvalue weighted by Crippen LogP contribution is -2.41. The second kappa shape index (κ2) is 9.26. The third kappa shape index (κ3) is 6.19. The van der Waals surface area contributed by atoms with Gasteiger partial charge in [0.25, 0.3) is 0 Å². The summed E-state index contributed by atoms with van der Waals surface area (Å²) >= 11 is 0. The SMILES string of the molecule is CCOC(=O)C(C(CC)OC(=O)C=Cc1ccccc1)C(C)(C)C. The minimum absolute atomic E-state index is 0.309. The highest BCUT2D eigenvalue weighted by Gasteiger charge is 2.40. The maximum absolute atomic E-state index is 12.3. The zero-order chi connectivity index (χ0) is 18.2. The molecule has 4 heteroatoms. The molecule has 1 aromatic rings. The van der Waals surface area contributed by atoms with Gasteiger partial charge < -0.3 is 9.47 Å². The topological polar surface area (TPSA) is 52.6 Å². The van der Waals surface area contributed by atoms with Gasteiger partial charge in [-0.1, -0.05) is 58.0 Å². The van der Waals surface area contributed by atoms with Crippen LogP contribution in [0.4, 0.5) is 0 Å². The Kier molecular flexibility index (Phi) is 7.69. The zero-order valence-corrected chi connectivity index (χ0v) is 15.2. The van der Waals surface area contributed by atoms with Crippen molar-refractivity contribution < 1.29 is 19.1 Å². The molecule has 2 atom stereocenters. The molecule has 2 unspecified atom stereocenters. The van der Waals surface area contributed by atoms with Gasteiger partial charge in [0.05, 0.1) is 12.5 Å². The predicted octanol–water partition coefficient (Wildman–Crippen LogP) is 4.25. The fourth-order valence-electron chi connectivity index (χ4n) is 2.60. The molecule has 4 nitrogen and oxygen atoms in total. The maximum Gasteiger partial charge on any atom is 0.331 e. The molecule has 0 bridgehead atoms. The quantitative estimate of drug-likeness (QED) is 0.553. The second-order valence-corrected chi connectivity index (χ2v) is 6.72. The number of rotatable bonds is 7. The molecule has 1 aromatic carbocycles. The van der Waals surface area contributed by atoms with Crippen molar-refractivity contribution in [3.05, 3.63) is 42.0 Å². The molecule has 0 aromatic heterocycles. The van der Waals surface area contributed by atoms with E-state index >= 15 is 0 Å². The Balaban J connectivity index is 2.84. The van der Waals surface area contributed by atoms with Crippen LogP contribution in [0.2, 0.25) is 0 Å². The van der Waals surface area contributed by atoms with Gasteiger partial charge in [0, 0.05) is 6.08 Å². The normalized spacial score (nSPS) is 14.2. The number of ether oxygens (including phenoxy) is 2. The van der Waals surface area contributed by atoms with Crippen LogP contribution in [0, 0.1) is 11.3 Å². The van der Waals surface area contributed by atoms with Crippen molar-refractivity contribution >= 4 is 18.0 Å². The summed E-state index contributed by atoms with van der Waals surface area (Å²) in [5.74, 6) is -1.28. The molecule has 0 heterocycles. The summed E-state index contributed by atoms with van der Waals surface area (Å²) in [6.07, 6.45) is 3.12. The van der Waals surface area contributed by atoms with Crippen molar-refractivity contribution in [3.8, 4) is 0 Å². The van der Waals surface area contributed by atoms with E-state index in [1.807, 2.05) is 58.0 Å². The molecular weight excluding hydrogens is 304 g/mol. The fourth-order valence-corrected chi connectivity index (χ4v) is 2.60. The molecule has 0 N–H and O–H groups in total. The third-order valence-corrected chi connectivity index (χ3v) is 3.73. The Morgan fingerprint density at radius 3 is 2.25 bits per heavy atom. The van der Waals surface area contributed by atoms with E-state index in [-0.39, 0.29) is 11.4 Å². The molecule has 0 aliphatic carbocycles. The monoisotopic (exact) mass is 332 g/mol. The average Bonchev–Trinajstić information content (AvgIpc) is 2.52. The number of benzene rings is 1. The zero-order valence-electron chi connectivity index (χ0n) is 15.2. The lowest BCUT2D eigenvalue weighted by atomic mass is 9.76. The molecule has 0 saturated carbocycles. The van der Waals surface area contributed by atoms with Crippen molar-refractivity contribution in [1.29, 1.82) is 0 Å². The minimum atomic E-state index is -0.517. The first-order valence-corrected chi connectivity index (χ1v) is 8.40. The van der Waals surface area contributed by atoms with Gasteiger partial charge in [-0.25, -0.2) is 4.79 Å². The lowest BCUT2D eigenvalue weighted by Gasteiger charge is -2.34. The van der Waals surface area contributed by atoms with Gasteiger partial charge >= 0.3 is 11.9 Å². The summed E-state index contributed by atoms with van der Waals surface area (Å²) in [6.45, 7) is 9.83. The van der Waals surface area contributed by atoms with E-state index < -0.39 is 18.0 Å². The molecule has 0 radical (unpaired) electrons. The van der Waals surface area contributed by atoms with Crippen molar-refractivity contribution in [1.82, 2.24) is 0 Å². The summed E-state index contributed by atoms with van der Waals surface area (Å²) in [7, 11) is 0. The van der Waals surface area contributed by atoms with Crippen molar-refractivity contribution in [2.24, 2.45) is 11.3 Å². The van der Waals surface area contributed by atoms with Gasteiger partial charge in [0.2, 0.25) is 0 Å². The summed E-state index contributed by atoms with van der Waals surface area (Å²) < 4.78 is 10.7. The first-order chi connectivity index (χ1) is 11.3. The Morgan fingerprint density at radius 1 is 1.12 bits per heavy atom. The van der Waals surface area contributed by atoms with Crippen LogP contribution in [0.25, 0.3) is 6.08 Å². The average molecular weight is 332 g/mol. The van der Waals surface area contributed by atoms with Crippen LogP contribution in [0.15, 0.2) is 36.4 Å². The molecule has 0 aliphatic heterocycles. The molecule has 1 rings (SSSR count). The molecular formula is C20H28O4. The molecule has 0 fully saturated rings. The highest BCUT2D eigenvalue weighted by molar-refractivity contribution is 5.87. The minimum Gasteiger partial charge on any atom is -0.466 e. The third-order valence-electron chi connectivity index (χ3n) is 3.73. The largest absolute Gasteiger partial charge is 0.466 e. The van der Waals surface area contributed by atoms with Crippen LogP contribution >= 0.6 is 0 Å². The number of hydrogen-bond donors (Lipinski definition) is 0. The van der Waals surface area contributed by atoms with Crippen LogP contribution in [-0.2, 0) is 19.1 Å². The molecule has 0 spiro atoms. The fraction of sp³-hybridized carbons (Fsp3) is 0.500. The van der Waals surface area contributed by atoms with Gasteiger partial charge in [-0.15, -0.1) is 0 Å². The van der Waals surface area contributed by atoms with Gasteiger partial charge in [-0.05, 0) is 30.4 Å². The Morgan fingerprint density at radius 2 is 1.75 bits per heavy atom. The molecule has 132 valence electrons. The summed E-state index contributed by atoms with van der Waals surface area (Å²) in [5, 5.41) is 0. The molecule has 0 aliphatic rings.